The van der Waals surface area contributed by atoms with E-state index >= 15 is 0 Å². The highest BCUT2D eigenvalue weighted by Gasteiger charge is 2.19. The van der Waals surface area contributed by atoms with Crippen LogP contribution in [0.2, 0.25) is 5.02 Å². The zero-order chi connectivity index (χ0) is 20.3. The van der Waals surface area contributed by atoms with E-state index in [-0.39, 0.29) is 12.3 Å². The molecule has 2 atom stereocenters. The number of hydrogen-bond acceptors (Lipinski definition) is 5. The second kappa shape index (κ2) is 8.46. The number of ether oxygens (including phenoxy) is 1. The summed E-state index contributed by atoms with van der Waals surface area (Å²) in [6.45, 7) is 3.40. The van der Waals surface area contributed by atoms with Crippen LogP contribution < -0.4 is 15.7 Å². The first-order chi connectivity index (χ1) is 13.3. The Kier molecular flexibility index (Phi) is 6.02. The summed E-state index contributed by atoms with van der Waals surface area (Å²) in [5, 5.41) is 13.8. The number of fused-ring (bicyclic) bond motifs is 1. The molecular weight excluding hydrogens is 382 g/mol. The fourth-order valence-electron chi connectivity index (χ4n) is 2.79. The van der Waals surface area contributed by atoms with E-state index in [0.717, 1.165) is 5.56 Å². The highest BCUT2D eigenvalue weighted by atomic mass is 35.5. The van der Waals surface area contributed by atoms with Gasteiger partial charge in [0.05, 0.1) is 11.1 Å². The van der Waals surface area contributed by atoms with E-state index in [2.05, 4.69) is 5.32 Å². The van der Waals surface area contributed by atoms with Crippen LogP contribution in [-0.4, -0.2) is 23.7 Å². The predicted molar refractivity (Wildman–Crippen MR) is 107 cm³/mol. The number of carbonyl (C=O) groups excluding carboxylic acids is 1. The van der Waals surface area contributed by atoms with E-state index in [1.807, 2.05) is 18.2 Å². The third-order valence-electron chi connectivity index (χ3n) is 4.33. The van der Waals surface area contributed by atoms with Crippen molar-refractivity contribution in [1.82, 2.24) is 5.32 Å². The van der Waals surface area contributed by atoms with Crippen molar-refractivity contribution in [3.63, 3.8) is 0 Å². The zero-order valence-corrected chi connectivity index (χ0v) is 16.2. The van der Waals surface area contributed by atoms with Gasteiger partial charge in [-0.15, -0.1) is 0 Å². The highest BCUT2D eigenvalue weighted by molar-refractivity contribution is 6.32. The maximum atomic E-state index is 12.3. The van der Waals surface area contributed by atoms with Gasteiger partial charge in [0.15, 0.2) is 6.10 Å². The molecule has 0 radical (unpaired) electrons. The molecule has 7 heteroatoms. The molecule has 6 nitrogen and oxygen atoms in total. The molecule has 0 bridgehead atoms. The molecule has 146 valence electrons. The molecule has 2 N–H and O–H groups in total. The van der Waals surface area contributed by atoms with E-state index in [1.165, 1.54) is 12.1 Å². The molecule has 0 aliphatic rings. The van der Waals surface area contributed by atoms with Crippen LogP contribution in [0.4, 0.5) is 0 Å². The first-order valence-electron chi connectivity index (χ1n) is 8.76. The van der Waals surface area contributed by atoms with Gasteiger partial charge in [0.25, 0.3) is 5.91 Å². The third kappa shape index (κ3) is 4.52. The third-order valence-corrected chi connectivity index (χ3v) is 4.63. The Morgan fingerprint density at radius 1 is 1.25 bits per heavy atom. The maximum absolute atomic E-state index is 12.3. The lowest BCUT2D eigenvalue weighted by molar-refractivity contribution is -0.127. The zero-order valence-electron chi connectivity index (χ0n) is 15.4. The van der Waals surface area contributed by atoms with E-state index in [9.17, 15) is 14.7 Å². The number of nitrogens with one attached hydrogen (secondary N) is 1. The Morgan fingerprint density at radius 3 is 2.68 bits per heavy atom. The minimum Gasteiger partial charge on any atom is -0.479 e. The quantitative estimate of drug-likeness (QED) is 0.618. The molecule has 0 aliphatic heterocycles. The Balaban J connectivity index is 1.68. The average Bonchev–Trinajstić information content (AvgIpc) is 2.67. The molecule has 1 heterocycles. The van der Waals surface area contributed by atoms with Crippen LogP contribution >= 0.6 is 11.6 Å². The van der Waals surface area contributed by atoms with Crippen LogP contribution in [0, 0.1) is 6.92 Å². The lowest BCUT2D eigenvalue weighted by Crippen LogP contribution is -2.38. The van der Waals surface area contributed by atoms with Gasteiger partial charge in [-0.2, -0.15) is 0 Å². The highest BCUT2D eigenvalue weighted by Crippen LogP contribution is 2.31. The van der Waals surface area contributed by atoms with E-state index < -0.39 is 23.7 Å². The van der Waals surface area contributed by atoms with Gasteiger partial charge < -0.3 is 19.6 Å². The van der Waals surface area contributed by atoms with Crippen molar-refractivity contribution in [3.05, 3.63) is 75.1 Å². The topological polar surface area (TPSA) is 88.8 Å². The maximum Gasteiger partial charge on any atom is 0.336 e. The van der Waals surface area contributed by atoms with E-state index in [0.29, 0.717) is 21.6 Å². The number of aryl methyl sites for hydroxylation is 1. The molecule has 0 aliphatic carbocycles. The van der Waals surface area contributed by atoms with Crippen molar-refractivity contribution in [1.29, 1.82) is 0 Å². The summed E-state index contributed by atoms with van der Waals surface area (Å²) >= 11 is 6.25. The van der Waals surface area contributed by atoms with Crippen molar-refractivity contribution in [3.8, 4) is 5.75 Å². The minimum atomic E-state index is -0.866. The molecule has 0 unspecified atom stereocenters. The molecular formula is C21H20ClNO5. The first-order valence-corrected chi connectivity index (χ1v) is 9.14. The summed E-state index contributed by atoms with van der Waals surface area (Å²) in [5.74, 6) is -0.175. The van der Waals surface area contributed by atoms with E-state index in [1.54, 1.807) is 32.0 Å². The Bertz CT molecular complexity index is 1050. The largest absolute Gasteiger partial charge is 0.479 e. The summed E-state index contributed by atoms with van der Waals surface area (Å²) in [4.78, 5) is 23.9. The van der Waals surface area contributed by atoms with Crippen LogP contribution in [0.1, 0.15) is 24.2 Å². The second-order valence-corrected chi connectivity index (χ2v) is 6.87. The van der Waals surface area contributed by atoms with Gasteiger partial charge in [-0.3, -0.25) is 4.79 Å². The van der Waals surface area contributed by atoms with Gasteiger partial charge in [0.2, 0.25) is 0 Å². The molecule has 3 aromatic rings. The summed E-state index contributed by atoms with van der Waals surface area (Å²) in [6, 6.07) is 13.5. The van der Waals surface area contributed by atoms with Crippen molar-refractivity contribution < 1.29 is 19.1 Å². The molecule has 1 amide bonds. The van der Waals surface area contributed by atoms with Crippen molar-refractivity contribution in [2.45, 2.75) is 26.1 Å². The summed E-state index contributed by atoms with van der Waals surface area (Å²) in [5.41, 5.74) is 1.30. The summed E-state index contributed by atoms with van der Waals surface area (Å²) < 4.78 is 10.8. The molecule has 3 rings (SSSR count). The SMILES string of the molecule is Cc1cc(=O)oc2cc(O[C@H](C)C(=O)NC[C@@H](O)c3ccccc3)c(Cl)cc12. The summed E-state index contributed by atoms with van der Waals surface area (Å²) in [6.07, 6.45) is -1.69. The van der Waals surface area contributed by atoms with Crippen LogP contribution in [0.25, 0.3) is 11.0 Å². The van der Waals surface area contributed by atoms with E-state index in [4.69, 9.17) is 20.8 Å². The Hall–Kier alpha value is -2.83. The number of aliphatic hydroxyl groups is 1. The van der Waals surface area contributed by atoms with Gasteiger partial charge in [-0.1, -0.05) is 41.9 Å². The average molecular weight is 402 g/mol. The first kappa shape index (κ1) is 19.9. The normalized spacial score (nSPS) is 13.1. The van der Waals surface area contributed by atoms with Gasteiger partial charge in [-0.05, 0) is 31.0 Å². The number of benzene rings is 2. The van der Waals surface area contributed by atoms with Gasteiger partial charge in [0, 0.05) is 24.1 Å². The van der Waals surface area contributed by atoms with Gasteiger partial charge >= 0.3 is 5.63 Å². The van der Waals surface area contributed by atoms with Crippen LogP contribution in [0.15, 0.2) is 57.7 Å². The second-order valence-electron chi connectivity index (χ2n) is 6.46. The molecule has 1 aromatic heterocycles. The number of hydrogen-bond donors (Lipinski definition) is 2. The van der Waals surface area contributed by atoms with Gasteiger partial charge in [0.1, 0.15) is 11.3 Å². The van der Waals surface area contributed by atoms with Crippen molar-refractivity contribution in [2.24, 2.45) is 0 Å². The van der Waals surface area contributed by atoms with Crippen LogP contribution in [0.5, 0.6) is 5.75 Å². The number of carbonyl (C=O) groups is 1. The number of halogens is 1. The predicted octanol–water partition coefficient (Wildman–Crippen LogP) is 3.37. The molecule has 0 fully saturated rings. The Labute approximate surface area is 166 Å². The van der Waals surface area contributed by atoms with Crippen molar-refractivity contribution >= 4 is 28.5 Å². The minimum absolute atomic E-state index is 0.0517. The molecule has 0 spiro atoms. The lowest BCUT2D eigenvalue weighted by atomic mass is 10.1. The fourth-order valence-corrected chi connectivity index (χ4v) is 3.00. The van der Waals surface area contributed by atoms with Crippen LogP contribution in [0.3, 0.4) is 0 Å². The van der Waals surface area contributed by atoms with Crippen LogP contribution in [-0.2, 0) is 4.79 Å². The summed E-state index contributed by atoms with van der Waals surface area (Å²) in [7, 11) is 0. The van der Waals surface area contributed by atoms with Crippen molar-refractivity contribution in [2.75, 3.05) is 6.54 Å². The number of aliphatic hydroxyl groups excluding tert-OH is 1. The lowest BCUT2D eigenvalue weighted by Gasteiger charge is -2.18. The number of rotatable bonds is 6. The molecule has 0 saturated heterocycles. The standard InChI is InChI=1S/C21H20ClNO5/c1-12-8-20(25)28-18-10-19(16(22)9-15(12)18)27-13(2)21(26)23-11-17(24)14-6-4-3-5-7-14/h3-10,13,17,24H,11H2,1-2H3,(H,23,26)/t13-,17-/m1/s1. The monoisotopic (exact) mass is 401 g/mol. The fraction of sp³-hybridized carbons (Fsp3) is 0.238. The molecule has 2 aromatic carbocycles. The molecule has 0 saturated carbocycles. The Morgan fingerprint density at radius 2 is 1.96 bits per heavy atom. The smallest absolute Gasteiger partial charge is 0.336 e. The molecule has 28 heavy (non-hydrogen) atoms. The number of amides is 1. The van der Waals surface area contributed by atoms with Gasteiger partial charge in [-0.25, -0.2) is 4.79 Å².